The Morgan fingerprint density at radius 3 is 2.42 bits per heavy atom. The molecule has 0 fully saturated rings. The zero-order chi connectivity index (χ0) is 13.8. The Balaban J connectivity index is 2.60. The average molecular weight is 255 g/mol. The van der Waals surface area contributed by atoms with Gasteiger partial charge in [-0.25, -0.2) is 0 Å². The molecule has 0 aliphatic rings. The van der Waals surface area contributed by atoms with Gasteiger partial charge in [-0.05, 0) is 30.5 Å². The molecule has 3 heteroatoms. The summed E-state index contributed by atoms with van der Waals surface area (Å²) in [7, 11) is 0. The molecule has 0 aliphatic carbocycles. The minimum absolute atomic E-state index is 0.161. The predicted molar refractivity (Wildman–Crippen MR) is 76.1 cm³/mol. The number of aromatic hydroxyl groups is 1. The second kappa shape index (κ2) is 5.57. The SMILES string of the molecule is CCc1cc(C)c(O)c(C(=NO)c2ccccc2)c1. The van der Waals surface area contributed by atoms with Crippen molar-refractivity contribution in [2.24, 2.45) is 5.16 Å². The topological polar surface area (TPSA) is 52.8 Å². The number of rotatable bonds is 3. The van der Waals surface area contributed by atoms with Gasteiger partial charge in [-0.2, -0.15) is 0 Å². The van der Waals surface area contributed by atoms with Crippen molar-refractivity contribution in [3.05, 3.63) is 64.7 Å². The summed E-state index contributed by atoms with van der Waals surface area (Å²) < 4.78 is 0. The van der Waals surface area contributed by atoms with Crippen molar-refractivity contribution in [1.29, 1.82) is 0 Å². The molecular formula is C16H17NO2. The van der Waals surface area contributed by atoms with E-state index in [9.17, 15) is 10.3 Å². The Morgan fingerprint density at radius 1 is 1.16 bits per heavy atom. The summed E-state index contributed by atoms with van der Waals surface area (Å²) in [6, 6.07) is 13.1. The summed E-state index contributed by atoms with van der Waals surface area (Å²) in [5.41, 5.74) is 3.60. The zero-order valence-electron chi connectivity index (χ0n) is 11.1. The van der Waals surface area contributed by atoms with Gasteiger partial charge in [-0.1, -0.05) is 48.5 Å². The standard InChI is InChI=1S/C16H17NO2/c1-3-12-9-11(2)16(18)14(10-12)15(17-19)13-7-5-4-6-8-13/h4-10,18-19H,3H2,1-2H3. The largest absolute Gasteiger partial charge is 0.507 e. The van der Waals surface area contributed by atoms with Gasteiger partial charge in [0.15, 0.2) is 0 Å². The number of phenols is 1. The summed E-state index contributed by atoms with van der Waals surface area (Å²) in [5.74, 6) is 0.161. The molecule has 0 saturated carbocycles. The van der Waals surface area contributed by atoms with Gasteiger partial charge in [-0.3, -0.25) is 0 Å². The van der Waals surface area contributed by atoms with Crippen molar-refractivity contribution in [2.45, 2.75) is 20.3 Å². The minimum Gasteiger partial charge on any atom is -0.507 e. The van der Waals surface area contributed by atoms with Gasteiger partial charge in [0.1, 0.15) is 11.5 Å². The number of hydrogen-bond donors (Lipinski definition) is 2. The molecule has 2 rings (SSSR count). The minimum atomic E-state index is 0.161. The first-order valence-corrected chi connectivity index (χ1v) is 6.27. The van der Waals surface area contributed by atoms with E-state index in [1.165, 1.54) is 0 Å². The highest BCUT2D eigenvalue weighted by Crippen LogP contribution is 2.27. The molecule has 0 amide bonds. The maximum absolute atomic E-state index is 10.2. The third kappa shape index (κ3) is 2.60. The summed E-state index contributed by atoms with van der Waals surface area (Å²) in [4.78, 5) is 0. The zero-order valence-corrected chi connectivity index (χ0v) is 11.1. The fourth-order valence-electron chi connectivity index (χ4n) is 2.10. The van der Waals surface area contributed by atoms with Crippen molar-refractivity contribution < 1.29 is 10.3 Å². The third-order valence-corrected chi connectivity index (χ3v) is 3.17. The number of benzene rings is 2. The van der Waals surface area contributed by atoms with E-state index in [1.807, 2.05) is 56.3 Å². The normalized spacial score (nSPS) is 11.6. The van der Waals surface area contributed by atoms with Gasteiger partial charge in [0.05, 0.1) is 0 Å². The highest BCUT2D eigenvalue weighted by atomic mass is 16.4. The second-order valence-electron chi connectivity index (χ2n) is 4.48. The lowest BCUT2D eigenvalue weighted by molar-refractivity contribution is 0.319. The van der Waals surface area contributed by atoms with Crippen LogP contribution in [0.4, 0.5) is 0 Å². The summed E-state index contributed by atoms with van der Waals surface area (Å²) >= 11 is 0. The molecule has 0 bridgehead atoms. The summed E-state index contributed by atoms with van der Waals surface area (Å²) in [5, 5.41) is 22.8. The molecule has 3 nitrogen and oxygen atoms in total. The molecular weight excluding hydrogens is 238 g/mol. The van der Waals surface area contributed by atoms with Crippen molar-refractivity contribution in [1.82, 2.24) is 0 Å². The molecule has 0 unspecified atom stereocenters. The first-order valence-electron chi connectivity index (χ1n) is 6.27. The Labute approximate surface area is 112 Å². The Bertz CT molecular complexity index is 604. The molecule has 2 aromatic rings. The first kappa shape index (κ1) is 13.1. The molecule has 0 heterocycles. The van der Waals surface area contributed by atoms with Crippen molar-refractivity contribution >= 4 is 5.71 Å². The van der Waals surface area contributed by atoms with Gasteiger partial charge < -0.3 is 10.3 Å². The Kier molecular flexibility index (Phi) is 3.85. The van der Waals surface area contributed by atoms with Crippen LogP contribution in [0.25, 0.3) is 0 Å². The van der Waals surface area contributed by atoms with Crippen LogP contribution in [0.3, 0.4) is 0 Å². The third-order valence-electron chi connectivity index (χ3n) is 3.17. The van der Waals surface area contributed by atoms with E-state index in [0.29, 0.717) is 11.3 Å². The summed E-state index contributed by atoms with van der Waals surface area (Å²) in [6.07, 6.45) is 0.863. The maximum atomic E-state index is 10.2. The van der Waals surface area contributed by atoms with E-state index < -0.39 is 0 Å². The second-order valence-corrected chi connectivity index (χ2v) is 4.48. The lowest BCUT2D eigenvalue weighted by Gasteiger charge is -2.11. The number of phenolic OH excluding ortho intramolecular Hbond substituents is 1. The highest BCUT2D eigenvalue weighted by molar-refractivity contribution is 6.14. The van der Waals surface area contributed by atoms with E-state index in [4.69, 9.17) is 0 Å². The fraction of sp³-hybridized carbons (Fsp3) is 0.188. The maximum Gasteiger partial charge on any atom is 0.128 e. The number of nitrogens with zero attached hydrogens (tertiary/aromatic N) is 1. The van der Waals surface area contributed by atoms with Gasteiger partial charge in [0.2, 0.25) is 0 Å². The highest BCUT2D eigenvalue weighted by Gasteiger charge is 2.14. The van der Waals surface area contributed by atoms with Gasteiger partial charge in [0.25, 0.3) is 0 Å². The van der Waals surface area contributed by atoms with Crippen LogP contribution < -0.4 is 0 Å². The predicted octanol–water partition coefficient (Wildman–Crippen LogP) is 3.49. The van der Waals surface area contributed by atoms with Crippen LogP contribution >= 0.6 is 0 Å². The first-order chi connectivity index (χ1) is 9.17. The van der Waals surface area contributed by atoms with Crippen LogP contribution in [0.15, 0.2) is 47.6 Å². The molecule has 0 saturated heterocycles. The van der Waals surface area contributed by atoms with Crippen molar-refractivity contribution in [3.8, 4) is 5.75 Å². The van der Waals surface area contributed by atoms with Crippen LogP contribution in [-0.4, -0.2) is 16.0 Å². The van der Waals surface area contributed by atoms with E-state index >= 15 is 0 Å². The van der Waals surface area contributed by atoms with E-state index in [0.717, 1.165) is 23.1 Å². The van der Waals surface area contributed by atoms with E-state index in [1.54, 1.807) is 0 Å². The van der Waals surface area contributed by atoms with Crippen LogP contribution in [0, 0.1) is 6.92 Å². The molecule has 98 valence electrons. The number of aryl methyl sites for hydroxylation is 2. The lowest BCUT2D eigenvalue weighted by Crippen LogP contribution is -2.05. The lowest BCUT2D eigenvalue weighted by atomic mass is 9.96. The Morgan fingerprint density at radius 2 is 1.84 bits per heavy atom. The average Bonchev–Trinajstić information content (AvgIpc) is 2.45. The summed E-state index contributed by atoms with van der Waals surface area (Å²) in [6.45, 7) is 3.89. The quantitative estimate of drug-likeness (QED) is 0.501. The van der Waals surface area contributed by atoms with Crippen molar-refractivity contribution in [2.75, 3.05) is 0 Å². The molecule has 0 aromatic heterocycles. The fourth-order valence-corrected chi connectivity index (χ4v) is 2.10. The van der Waals surface area contributed by atoms with Gasteiger partial charge >= 0.3 is 0 Å². The van der Waals surface area contributed by atoms with E-state index in [2.05, 4.69) is 5.16 Å². The molecule has 0 aliphatic heterocycles. The van der Waals surface area contributed by atoms with Crippen LogP contribution in [-0.2, 0) is 6.42 Å². The van der Waals surface area contributed by atoms with E-state index in [-0.39, 0.29) is 5.75 Å². The van der Waals surface area contributed by atoms with Gasteiger partial charge in [-0.15, -0.1) is 0 Å². The molecule has 2 aromatic carbocycles. The van der Waals surface area contributed by atoms with Crippen molar-refractivity contribution in [3.63, 3.8) is 0 Å². The smallest absolute Gasteiger partial charge is 0.128 e. The van der Waals surface area contributed by atoms with Crippen LogP contribution in [0.5, 0.6) is 5.75 Å². The molecule has 2 N–H and O–H groups in total. The number of oxime groups is 1. The van der Waals surface area contributed by atoms with Crippen LogP contribution in [0.2, 0.25) is 0 Å². The molecule has 0 spiro atoms. The Hall–Kier alpha value is -2.29. The monoisotopic (exact) mass is 255 g/mol. The van der Waals surface area contributed by atoms with Crippen LogP contribution in [0.1, 0.15) is 29.2 Å². The number of hydrogen-bond acceptors (Lipinski definition) is 3. The molecule has 0 radical (unpaired) electrons. The van der Waals surface area contributed by atoms with Gasteiger partial charge in [0, 0.05) is 11.1 Å². The molecule has 0 atom stereocenters. The molecule has 19 heavy (non-hydrogen) atoms.